The Morgan fingerprint density at radius 2 is 2.14 bits per heavy atom. The maximum absolute atomic E-state index is 12.9. The highest BCUT2D eigenvalue weighted by atomic mass is 127. The van der Waals surface area contributed by atoms with Crippen LogP contribution < -0.4 is 11.1 Å². The molecular weight excluding hydrogens is 519 g/mol. The summed E-state index contributed by atoms with van der Waals surface area (Å²) in [5.74, 6) is -0.636. The molecule has 1 amide bonds. The van der Waals surface area contributed by atoms with Gasteiger partial charge in [-0.2, -0.15) is 0 Å². The van der Waals surface area contributed by atoms with Crippen molar-refractivity contribution in [2.24, 2.45) is 16.6 Å². The van der Waals surface area contributed by atoms with E-state index < -0.39 is 11.7 Å². The summed E-state index contributed by atoms with van der Waals surface area (Å²) in [6.45, 7) is 4.69. The van der Waals surface area contributed by atoms with Crippen molar-refractivity contribution < 1.29 is 15.2 Å². The SMILES string of the molecule is CC(C)CC[NH2+]C(=O)C(C(N)=Nc1ccc(I)cc1S)=C(O)C(=N)c1cccs1. The van der Waals surface area contributed by atoms with Crippen LogP contribution >= 0.6 is 46.6 Å². The highest BCUT2D eigenvalue weighted by Gasteiger charge is 2.26. The number of amides is 1. The van der Waals surface area contributed by atoms with Crippen molar-refractivity contribution in [3.8, 4) is 0 Å². The van der Waals surface area contributed by atoms with Gasteiger partial charge >= 0.3 is 5.91 Å². The third kappa shape index (κ3) is 6.66. The first-order valence-electron chi connectivity index (χ1n) is 8.97. The molecule has 1 aromatic carbocycles. The fourth-order valence-electron chi connectivity index (χ4n) is 2.45. The molecule has 0 bridgehead atoms. The molecule has 9 heteroatoms. The summed E-state index contributed by atoms with van der Waals surface area (Å²) in [7, 11) is 0. The number of halogens is 1. The fraction of sp³-hybridized carbons (Fsp3) is 0.250. The molecule has 0 radical (unpaired) electrons. The Morgan fingerprint density at radius 1 is 1.41 bits per heavy atom. The van der Waals surface area contributed by atoms with Gasteiger partial charge in [-0.1, -0.05) is 19.9 Å². The number of quaternary nitrogens is 1. The number of allylic oxidation sites excluding steroid dienone is 1. The number of carbonyl (C=O) groups excluding carboxylic acids is 1. The Morgan fingerprint density at radius 3 is 2.72 bits per heavy atom. The lowest BCUT2D eigenvalue weighted by Gasteiger charge is -2.10. The first-order valence-corrected chi connectivity index (χ1v) is 11.4. The average Bonchev–Trinajstić information content (AvgIpc) is 3.18. The van der Waals surface area contributed by atoms with Gasteiger partial charge < -0.3 is 10.8 Å². The molecule has 2 rings (SSSR count). The Balaban J connectivity index is 2.45. The molecule has 1 aromatic heterocycles. The predicted octanol–water partition coefficient (Wildman–Crippen LogP) is 3.65. The van der Waals surface area contributed by atoms with E-state index in [1.807, 2.05) is 12.1 Å². The molecule has 154 valence electrons. The number of benzene rings is 1. The number of nitrogens with two attached hydrogens (primary N) is 2. The van der Waals surface area contributed by atoms with E-state index in [0.29, 0.717) is 27.9 Å². The van der Waals surface area contributed by atoms with Gasteiger partial charge in [-0.15, -0.1) is 24.0 Å². The van der Waals surface area contributed by atoms with E-state index in [1.165, 1.54) is 16.7 Å². The van der Waals surface area contributed by atoms with E-state index in [0.717, 1.165) is 9.99 Å². The number of carbonyl (C=O) groups is 1. The molecule has 0 saturated heterocycles. The molecule has 29 heavy (non-hydrogen) atoms. The van der Waals surface area contributed by atoms with Crippen LogP contribution in [-0.4, -0.2) is 29.1 Å². The van der Waals surface area contributed by atoms with Crippen molar-refractivity contribution in [1.29, 1.82) is 5.41 Å². The zero-order chi connectivity index (χ0) is 21.6. The van der Waals surface area contributed by atoms with Gasteiger partial charge in [-0.3, -0.25) is 10.7 Å². The summed E-state index contributed by atoms with van der Waals surface area (Å²) in [6, 6.07) is 8.88. The minimum absolute atomic E-state index is 0.147. The highest BCUT2D eigenvalue weighted by molar-refractivity contribution is 14.1. The Hall–Kier alpha value is -1.69. The van der Waals surface area contributed by atoms with Crippen LogP contribution in [0.1, 0.15) is 25.1 Å². The molecule has 0 aliphatic rings. The average molecular weight is 543 g/mol. The fourth-order valence-corrected chi connectivity index (χ4v) is 4.13. The van der Waals surface area contributed by atoms with Crippen molar-refractivity contribution in [2.45, 2.75) is 25.2 Å². The van der Waals surface area contributed by atoms with Gasteiger partial charge in [0.05, 0.1) is 17.1 Å². The van der Waals surface area contributed by atoms with Crippen LogP contribution in [0.5, 0.6) is 0 Å². The van der Waals surface area contributed by atoms with Gasteiger partial charge in [-0.25, -0.2) is 9.79 Å². The largest absolute Gasteiger partial charge is 0.505 e. The first-order chi connectivity index (χ1) is 13.7. The van der Waals surface area contributed by atoms with E-state index in [-0.39, 0.29) is 17.1 Å². The summed E-state index contributed by atoms with van der Waals surface area (Å²) in [5, 5.41) is 22.3. The number of amidine groups is 1. The Bertz CT molecular complexity index is 953. The number of nitrogens with one attached hydrogen (secondary N) is 1. The molecule has 0 aliphatic heterocycles. The van der Waals surface area contributed by atoms with Crippen molar-refractivity contribution in [3.05, 3.63) is 55.5 Å². The third-order valence-electron chi connectivity index (χ3n) is 4.00. The van der Waals surface area contributed by atoms with Crippen molar-refractivity contribution in [1.82, 2.24) is 0 Å². The van der Waals surface area contributed by atoms with Crippen molar-refractivity contribution in [2.75, 3.05) is 6.54 Å². The number of nitrogens with zero attached hydrogens (tertiary/aromatic N) is 1. The third-order valence-corrected chi connectivity index (χ3v) is 5.91. The van der Waals surface area contributed by atoms with Crippen LogP contribution in [-0.2, 0) is 4.79 Å². The van der Waals surface area contributed by atoms with Gasteiger partial charge in [0.2, 0.25) is 0 Å². The number of aliphatic imine (C=N–C) groups is 1. The molecule has 6 nitrogen and oxygen atoms in total. The number of hydrogen-bond donors (Lipinski definition) is 5. The molecule has 0 atom stereocenters. The van der Waals surface area contributed by atoms with Crippen LogP contribution in [0.25, 0.3) is 0 Å². The van der Waals surface area contributed by atoms with Gasteiger partial charge in [0.25, 0.3) is 0 Å². The van der Waals surface area contributed by atoms with Crippen molar-refractivity contribution in [3.63, 3.8) is 0 Å². The van der Waals surface area contributed by atoms with Gasteiger partial charge in [-0.05, 0) is 64.6 Å². The second-order valence-corrected chi connectivity index (χ2v) is 9.42. The smallest absolute Gasteiger partial charge is 0.350 e. The van der Waals surface area contributed by atoms with Crippen molar-refractivity contribution >= 4 is 69.7 Å². The lowest BCUT2D eigenvalue weighted by molar-refractivity contribution is -0.565. The van der Waals surface area contributed by atoms with E-state index in [9.17, 15) is 9.90 Å². The summed E-state index contributed by atoms with van der Waals surface area (Å²) in [4.78, 5) is 18.3. The molecule has 0 spiro atoms. The first kappa shape index (κ1) is 23.6. The lowest BCUT2D eigenvalue weighted by atomic mass is 10.1. The minimum atomic E-state index is -0.481. The number of aliphatic hydroxyl groups is 1. The molecule has 0 unspecified atom stereocenters. The van der Waals surface area contributed by atoms with E-state index >= 15 is 0 Å². The standard InChI is InChI=1S/C20H23IN4O2S2/c1-11(2)7-8-24-20(27)16(18(26)17(22)15-4-3-9-29-15)19(23)25-13-6-5-12(21)10-14(13)28/h3-6,9-11,22,26,28H,7-8H2,1-2H3,(H2,23,25)(H,24,27)/p+1. The normalized spacial score (nSPS) is 12.8. The maximum atomic E-state index is 12.9. The van der Waals surface area contributed by atoms with Gasteiger partial charge in [0.1, 0.15) is 11.5 Å². The van der Waals surface area contributed by atoms with E-state index in [1.54, 1.807) is 23.6 Å². The molecule has 1 heterocycles. The summed E-state index contributed by atoms with van der Waals surface area (Å²) >= 11 is 7.86. The monoisotopic (exact) mass is 543 g/mol. The zero-order valence-corrected chi connectivity index (χ0v) is 20.0. The van der Waals surface area contributed by atoms with Crippen LogP contribution in [0, 0.1) is 14.9 Å². The Kier molecular flexibility index (Phi) is 8.87. The zero-order valence-electron chi connectivity index (χ0n) is 16.1. The van der Waals surface area contributed by atoms with Gasteiger partial charge in [0, 0.05) is 8.47 Å². The summed E-state index contributed by atoms with van der Waals surface area (Å²) in [5.41, 5.74) is 6.30. The quantitative estimate of drug-likeness (QED) is 0.0875. The number of rotatable bonds is 8. The highest BCUT2D eigenvalue weighted by Crippen LogP contribution is 2.26. The number of aliphatic hydroxyl groups excluding tert-OH is 1. The van der Waals surface area contributed by atoms with Crippen LogP contribution in [0.2, 0.25) is 0 Å². The Labute approximate surface area is 193 Å². The van der Waals surface area contributed by atoms with Crippen LogP contribution in [0.3, 0.4) is 0 Å². The second-order valence-electron chi connectivity index (χ2n) is 6.75. The van der Waals surface area contributed by atoms with E-state index in [4.69, 9.17) is 11.1 Å². The lowest BCUT2D eigenvalue weighted by Crippen LogP contribution is -2.89. The molecule has 2 aromatic rings. The molecule has 0 saturated carbocycles. The van der Waals surface area contributed by atoms with E-state index in [2.05, 4.69) is 54.1 Å². The molecule has 6 N–H and O–H groups in total. The minimum Gasteiger partial charge on any atom is -0.505 e. The number of hydrogen-bond acceptors (Lipinski definition) is 6. The topological polar surface area (TPSA) is 116 Å². The summed E-state index contributed by atoms with van der Waals surface area (Å²) in [6.07, 6.45) is 0.830. The molecular formula is C20H24IN4O2S2+. The summed E-state index contributed by atoms with van der Waals surface area (Å²) < 4.78 is 0.987. The number of thiol groups is 1. The van der Waals surface area contributed by atoms with Crippen LogP contribution in [0.4, 0.5) is 5.69 Å². The van der Waals surface area contributed by atoms with Gasteiger partial charge in [0.15, 0.2) is 11.3 Å². The molecule has 0 aliphatic carbocycles. The predicted molar refractivity (Wildman–Crippen MR) is 130 cm³/mol. The number of thiophene rings is 1. The second kappa shape index (κ2) is 10.9. The number of primary amides is 1. The molecule has 0 fully saturated rings. The maximum Gasteiger partial charge on any atom is 0.350 e. The van der Waals surface area contributed by atoms with Crippen LogP contribution in [0.15, 0.2) is 56.9 Å².